The quantitative estimate of drug-likeness (QED) is 0.843. The standard InChI is InChI=1S/C15H16ClF3N2O/c1-2-3-4-7-21-9-13(22)20-12-6-5-10(16)8-11(12)14(21)15(17,18)19/h3-6,8,14H,2,7,9H2,1H3,(H,20,22)/b4-3+. The highest BCUT2D eigenvalue weighted by Gasteiger charge is 2.47. The average Bonchev–Trinajstić information content (AvgIpc) is 2.53. The summed E-state index contributed by atoms with van der Waals surface area (Å²) in [6.07, 6.45) is -0.373. The molecular formula is C15H16ClF3N2O. The number of carbonyl (C=O) groups excluding carboxylic acids is 1. The van der Waals surface area contributed by atoms with Gasteiger partial charge in [-0.25, -0.2) is 0 Å². The lowest BCUT2D eigenvalue weighted by Gasteiger charge is -2.30. The van der Waals surface area contributed by atoms with Crippen molar-refractivity contribution in [1.29, 1.82) is 0 Å². The Morgan fingerprint density at radius 2 is 2.14 bits per heavy atom. The van der Waals surface area contributed by atoms with Gasteiger partial charge in [-0.3, -0.25) is 9.69 Å². The SMILES string of the molecule is CC/C=C/CN1CC(=O)Nc2ccc(Cl)cc2C1C(F)(F)F. The van der Waals surface area contributed by atoms with Gasteiger partial charge in [0.2, 0.25) is 5.91 Å². The van der Waals surface area contributed by atoms with Crippen LogP contribution in [0.4, 0.5) is 18.9 Å². The first-order valence-electron chi connectivity index (χ1n) is 6.88. The molecule has 1 aliphatic heterocycles. The summed E-state index contributed by atoms with van der Waals surface area (Å²) < 4.78 is 40.7. The zero-order valence-electron chi connectivity index (χ0n) is 12.0. The van der Waals surface area contributed by atoms with E-state index >= 15 is 0 Å². The van der Waals surface area contributed by atoms with Crippen LogP contribution < -0.4 is 5.32 Å². The van der Waals surface area contributed by atoms with E-state index in [1.54, 1.807) is 12.2 Å². The fraction of sp³-hybridized carbons (Fsp3) is 0.400. The van der Waals surface area contributed by atoms with Gasteiger partial charge < -0.3 is 5.32 Å². The van der Waals surface area contributed by atoms with Crippen LogP contribution in [0.3, 0.4) is 0 Å². The number of benzene rings is 1. The van der Waals surface area contributed by atoms with E-state index < -0.39 is 18.1 Å². The summed E-state index contributed by atoms with van der Waals surface area (Å²) in [6, 6.07) is 2.25. The van der Waals surface area contributed by atoms with Crippen LogP contribution in [-0.4, -0.2) is 30.1 Å². The zero-order valence-corrected chi connectivity index (χ0v) is 12.7. The molecule has 7 heteroatoms. The van der Waals surface area contributed by atoms with E-state index in [0.29, 0.717) is 0 Å². The van der Waals surface area contributed by atoms with E-state index in [4.69, 9.17) is 11.6 Å². The van der Waals surface area contributed by atoms with Gasteiger partial charge in [0.15, 0.2) is 0 Å². The Kier molecular flexibility index (Phi) is 5.13. The number of nitrogens with one attached hydrogen (secondary N) is 1. The molecule has 1 heterocycles. The van der Waals surface area contributed by atoms with E-state index in [1.165, 1.54) is 18.2 Å². The fourth-order valence-electron chi connectivity index (χ4n) is 2.47. The van der Waals surface area contributed by atoms with Crippen LogP contribution in [0.1, 0.15) is 24.9 Å². The second kappa shape index (κ2) is 6.71. The molecule has 0 saturated heterocycles. The van der Waals surface area contributed by atoms with Crippen LogP contribution >= 0.6 is 11.6 Å². The molecule has 1 aliphatic rings. The molecule has 120 valence electrons. The second-order valence-corrected chi connectivity index (χ2v) is 5.47. The molecule has 1 atom stereocenters. The molecule has 0 radical (unpaired) electrons. The fourth-order valence-corrected chi connectivity index (χ4v) is 2.65. The molecule has 0 aliphatic carbocycles. The number of rotatable bonds is 3. The number of hydrogen-bond acceptors (Lipinski definition) is 2. The molecule has 1 amide bonds. The summed E-state index contributed by atoms with van der Waals surface area (Å²) in [5, 5.41) is 2.71. The maximum atomic E-state index is 13.6. The van der Waals surface area contributed by atoms with Crippen molar-refractivity contribution in [2.45, 2.75) is 25.6 Å². The molecule has 0 saturated carbocycles. The first-order valence-corrected chi connectivity index (χ1v) is 7.25. The van der Waals surface area contributed by atoms with Crippen molar-refractivity contribution in [3.05, 3.63) is 40.9 Å². The van der Waals surface area contributed by atoms with Gasteiger partial charge in [0, 0.05) is 22.8 Å². The summed E-state index contributed by atoms with van der Waals surface area (Å²) in [4.78, 5) is 13.0. The lowest BCUT2D eigenvalue weighted by atomic mass is 10.0. The topological polar surface area (TPSA) is 32.3 Å². The van der Waals surface area contributed by atoms with Crippen molar-refractivity contribution in [2.24, 2.45) is 0 Å². The van der Waals surface area contributed by atoms with Crippen LogP contribution in [0, 0.1) is 0 Å². The lowest BCUT2D eigenvalue weighted by Crippen LogP contribution is -2.40. The number of carbonyl (C=O) groups is 1. The van der Waals surface area contributed by atoms with Crippen molar-refractivity contribution in [3.8, 4) is 0 Å². The molecule has 0 aromatic heterocycles. The van der Waals surface area contributed by atoms with Crippen molar-refractivity contribution in [3.63, 3.8) is 0 Å². The Hall–Kier alpha value is -1.53. The Morgan fingerprint density at radius 3 is 2.77 bits per heavy atom. The first kappa shape index (κ1) is 16.8. The minimum atomic E-state index is -4.51. The predicted molar refractivity (Wildman–Crippen MR) is 79.9 cm³/mol. The van der Waals surface area contributed by atoms with Crippen LogP contribution in [0.5, 0.6) is 0 Å². The minimum absolute atomic E-state index is 0.0317. The number of alkyl halides is 3. The first-order chi connectivity index (χ1) is 10.3. The van der Waals surface area contributed by atoms with Crippen LogP contribution in [0.25, 0.3) is 0 Å². The average molecular weight is 333 g/mol. The number of halogens is 4. The van der Waals surface area contributed by atoms with E-state index in [2.05, 4.69) is 5.32 Å². The third-order valence-corrected chi connectivity index (χ3v) is 3.58. The summed E-state index contributed by atoms with van der Waals surface area (Å²) in [7, 11) is 0. The maximum Gasteiger partial charge on any atom is 0.408 e. The third-order valence-electron chi connectivity index (χ3n) is 3.35. The lowest BCUT2D eigenvalue weighted by molar-refractivity contribution is -0.184. The Balaban J connectivity index is 2.49. The molecule has 1 unspecified atom stereocenters. The minimum Gasteiger partial charge on any atom is -0.325 e. The molecule has 3 nitrogen and oxygen atoms in total. The summed E-state index contributed by atoms with van der Waals surface area (Å²) in [6.45, 7) is 1.60. The van der Waals surface area contributed by atoms with Gasteiger partial charge in [0.05, 0.1) is 6.54 Å². The van der Waals surface area contributed by atoms with Crippen molar-refractivity contribution in [1.82, 2.24) is 4.90 Å². The van der Waals surface area contributed by atoms with Crippen LogP contribution in [-0.2, 0) is 4.79 Å². The predicted octanol–water partition coefficient (Wildman–Crippen LogP) is 4.16. The van der Waals surface area contributed by atoms with Gasteiger partial charge in [-0.2, -0.15) is 13.2 Å². The highest BCUT2D eigenvalue weighted by atomic mass is 35.5. The number of allylic oxidation sites excluding steroid dienone is 1. The van der Waals surface area contributed by atoms with Gasteiger partial charge in [-0.05, 0) is 24.6 Å². The largest absolute Gasteiger partial charge is 0.408 e. The highest BCUT2D eigenvalue weighted by molar-refractivity contribution is 6.30. The van der Waals surface area contributed by atoms with E-state index in [0.717, 1.165) is 11.3 Å². The molecule has 0 spiro atoms. The normalized spacial score (nSPS) is 19.9. The van der Waals surface area contributed by atoms with Gasteiger partial charge >= 0.3 is 6.18 Å². The van der Waals surface area contributed by atoms with Gasteiger partial charge in [-0.1, -0.05) is 30.7 Å². The molecule has 22 heavy (non-hydrogen) atoms. The molecule has 0 bridgehead atoms. The molecule has 1 N–H and O–H groups in total. The van der Waals surface area contributed by atoms with Gasteiger partial charge in [0.25, 0.3) is 0 Å². The maximum absolute atomic E-state index is 13.6. The van der Waals surface area contributed by atoms with E-state index in [9.17, 15) is 18.0 Å². The molecule has 1 aromatic rings. The molecular weight excluding hydrogens is 317 g/mol. The second-order valence-electron chi connectivity index (χ2n) is 5.03. The number of fused-ring (bicyclic) bond motifs is 1. The third kappa shape index (κ3) is 3.81. The Labute approximate surface area is 131 Å². The Morgan fingerprint density at radius 1 is 1.41 bits per heavy atom. The van der Waals surface area contributed by atoms with Crippen molar-refractivity contribution >= 4 is 23.2 Å². The smallest absolute Gasteiger partial charge is 0.325 e. The summed E-state index contributed by atoms with van der Waals surface area (Å²) >= 11 is 5.84. The van der Waals surface area contributed by atoms with Crippen molar-refractivity contribution < 1.29 is 18.0 Å². The van der Waals surface area contributed by atoms with Crippen molar-refractivity contribution in [2.75, 3.05) is 18.4 Å². The highest BCUT2D eigenvalue weighted by Crippen LogP contribution is 2.42. The van der Waals surface area contributed by atoms with Crippen LogP contribution in [0.2, 0.25) is 5.02 Å². The molecule has 0 fully saturated rings. The number of nitrogens with zero attached hydrogens (tertiary/aromatic N) is 1. The monoisotopic (exact) mass is 332 g/mol. The zero-order chi connectivity index (χ0) is 16.3. The summed E-state index contributed by atoms with van der Waals surface area (Å²) in [5.74, 6) is -0.472. The number of amides is 1. The van der Waals surface area contributed by atoms with E-state index in [1.807, 2.05) is 6.92 Å². The number of hydrogen-bond donors (Lipinski definition) is 1. The molecule has 1 aromatic carbocycles. The van der Waals surface area contributed by atoms with Crippen LogP contribution in [0.15, 0.2) is 30.4 Å². The van der Waals surface area contributed by atoms with Gasteiger partial charge in [0.1, 0.15) is 6.04 Å². The van der Waals surface area contributed by atoms with Gasteiger partial charge in [-0.15, -0.1) is 0 Å². The Bertz CT molecular complexity index is 587. The summed E-state index contributed by atoms with van der Waals surface area (Å²) in [5.41, 5.74) is 0.120. The molecule has 2 rings (SSSR count). The number of anilines is 1. The van der Waals surface area contributed by atoms with E-state index in [-0.39, 0.29) is 29.4 Å².